The Bertz CT molecular complexity index is 235. The minimum Gasteiger partial charge on any atom is -0.478 e. The molecule has 0 amide bonds. The third-order valence-corrected chi connectivity index (χ3v) is 1.54. The van der Waals surface area contributed by atoms with Gasteiger partial charge in [0.2, 0.25) is 0 Å². The van der Waals surface area contributed by atoms with E-state index in [2.05, 4.69) is 6.58 Å². The van der Waals surface area contributed by atoms with Crippen LogP contribution in [0.15, 0.2) is 12.2 Å². The van der Waals surface area contributed by atoms with E-state index in [1.54, 1.807) is 0 Å². The Balaban J connectivity index is 4.96. The molecule has 0 atom stereocenters. The Morgan fingerprint density at radius 3 is 2.00 bits per heavy atom. The van der Waals surface area contributed by atoms with Gasteiger partial charge in [-0.25, -0.2) is 4.79 Å². The van der Waals surface area contributed by atoms with Crippen molar-refractivity contribution in [3.63, 3.8) is 0 Å². The summed E-state index contributed by atoms with van der Waals surface area (Å²) in [5.74, 6) is -11.2. The zero-order valence-corrected chi connectivity index (χ0v) is 6.78. The molecule has 0 spiro atoms. The standard InChI is InChI=1S/C7H8F4O2/c1-3-6(8,9)7(10,11)4(2)5(12)13/h2-3H2,1H3,(H,12,13). The van der Waals surface area contributed by atoms with Crippen LogP contribution >= 0.6 is 0 Å². The third-order valence-electron chi connectivity index (χ3n) is 1.54. The topological polar surface area (TPSA) is 37.3 Å². The molecular formula is C7H8F4O2. The molecule has 0 rings (SSSR count). The Labute approximate surface area is 71.9 Å². The Morgan fingerprint density at radius 1 is 1.38 bits per heavy atom. The van der Waals surface area contributed by atoms with Gasteiger partial charge in [0.25, 0.3) is 0 Å². The maximum atomic E-state index is 12.6. The fourth-order valence-corrected chi connectivity index (χ4v) is 0.577. The lowest BCUT2D eigenvalue weighted by Crippen LogP contribution is -2.43. The normalized spacial score (nSPS) is 12.7. The second-order valence-corrected chi connectivity index (χ2v) is 2.42. The summed E-state index contributed by atoms with van der Waals surface area (Å²) in [6, 6.07) is 0. The van der Waals surface area contributed by atoms with Crippen molar-refractivity contribution in [2.45, 2.75) is 25.2 Å². The Hall–Kier alpha value is -1.07. The van der Waals surface area contributed by atoms with Gasteiger partial charge in [0, 0.05) is 6.42 Å². The van der Waals surface area contributed by atoms with Gasteiger partial charge in [-0.05, 0) is 0 Å². The number of carbonyl (C=O) groups is 1. The van der Waals surface area contributed by atoms with Crippen molar-refractivity contribution in [2.75, 3.05) is 0 Å². The molecule has 0 saturated carbocycles. The highest BCUT2D eigenvalue weighted by molar-refractivity contribution is 5.88. The smallest absolute Gasteiger partial charge is 0.341 e. The Kier molecular flexibility index (Phi) is 3.08. The quantitative estimate of drug-likeness (QED) is 0.558. The molecular weight excluding hydrogens is 192 g/mol. The van der Waals surface area contributed by atoms with Crippen molar-refractivity contribution in [2.24, 2.45) is 0 Å². The average Bonchev–Trinajstić information content (AvgIpc) is 2.02. The fourth-order valence-electron chi connectivity index (χ4n) is 0.577. The highest BCUT2D eigenvalue weighted by atomic mass is 19.3. The van der Waals surface area contributed by atoms with Gasteiger partial charge in [-0.3, -0.25) is 0 Å². The molecule has 1 N–H and O–H groups in total. The van der Waals surface area contributed by atoms with Crippen LogP contribution in [0.4, 0.5) is 17.6 Å². The maximum Gasteiger partial charge on any atom is 0.341 e. The Morgan fingerprint density at radius 2 is 1.77 bits per heavy atom. The van der Waals surface area contributed by atoms with E-state index < -0.39 is 29.8 Å². The van der Waals surface area contributed by atoms with Crippen molar-refractivity contribution < 1.29 is 27.5 Å². The lowest BCUT2D eigenvalue weighted by molar-refractivity contribution is -0.191. The number of rotatable bonds is 4. The van der Waals surface area contributed by atoms with E-state index in [1.165, 1.54) is 0 Å². The summed E-state index contributed by atoms with van der Waals surface area (Å²) in [5, 5.41) is 8.06. The van der Waals surface area contributed by atoms with E-state index in [0.29, 0.717) is 0 Å². The molecule has 76 valence electrons. The lowest BCUT2D eigenvalue weighted by Gasteiger charge is -2.25. The average molecular weight is 200 g/mol. The number of carboxylic acids is 1. The molecule has 0 heterocycles. The summed E-state index contributed by atoms with van der Waals surface area (Å²) in [7, 11) is 0. The molecule has 0 saturated heterocycles. The first-order valence-corrected chi connectivity index (χ1v) is 3.35. The van der Waals surface area contributed by atoms with Gasteiger partial charge in [-0.1, -0.05) is 13.5 Å². The van der Waals surface area contributed by atoms with E-state index in [-0.39, 0.29) is 0 Å². The maximum absolute atomic E-state index is 12.6. The first-order valence-electron chi connectivity index (χ1n) is 3.35. The molecule has 0 aromatic rings. The van der Waals surface area contributed by atoms with E-state index in [0.717, 1.165) is 6.92 Å². The van der Waals surface area contributed by atoms with Crippen LogP contribution < -0.4 is 0 Å². The summed E-state index contributed by atoms with van der Waals surface area (Å²) in [4.78, 5) is 10.00. The molecule has 0 aromatic heterocycles. The molecule has 0 unspecified atom stereocenters. The number of carboxylic acid groups (broad SMARTS) is 1. The third kappa shape index (κ3) is 1.99. The highest BCUT2D eigenvalue weighted by Crippen LogP contribution is 2.41. The minimum atomic E-state index is -4.70. The van der Waals surface area contributed by atoms with Crippen LogP contribution in [-0.2, 0) is 4.79 Å². The van der Waals surface area contributed by atoms with Crippen LogP contribution in [0.5, 0.6) is 0 Å². The van der Waals surface area contributed by atoms with Gasteiger partial charge < -0.3 is 5.11 Å². The predicted molar refractivity (Wildman–Crippen MR) is 37.0 cm³/mol. The number of aliphatic carboxylic acids is 1. The molecule has 0 bridgehead atoms. The van der Waals surface area contributed by atoms with E-state index in [1.807, 2.05) is 0 Å². The van der Waals surface area contributed by atoms with Crippen LogP contribution in [0.25, 0.3) is 0 Å². The monoisotopic (exact) mass is 200 g/mol. The lowest BCUT2D eigenvalue weighted by atomic mass is 10.0. The molecule has 6 heteroatoms. The second-order valence-electron chi connectivity index (χ2n) is 2.42. The van der Waals surface area contributed by atoms with Gasteiger partial charge in [0.1, 0.15) is 5.57 Å². The molecule has 0 radical (unpaired) electrons. The highest BCUT2D eigenvalue weighted by Gasteiger charge is 2.58. The minimum absolute atomic E-state index is 0.836. The fraction of sp³-hybridized carbons (Fsp3) is 0.571. The van der Waals surface area contributed by atoms with Crippen LogP contribution in [0, 0.1) is 0 Å². The van der Waals surface area contributed by atoms with Crippen molar-refractivity contribution in [3.8, 4) is 0 Å². The van der Waals surface area contributed by atoms with E-state index >= 15 is 0 Å². The molecule has 13 heavy (non-hydrogen) atoms. The van der Waals surface area contributed by atoms with Gasteiger partial charge in [-0.2, -0.15) is 17.6 Å². The van der Waals surface area contributed by atoms with Gasteiger partial charge in [0.05, 0.1) is 0 Å². The van der Waals surface area contributed by atoms with Gasteiger partial charge >= 0.3 is 17.8 Å². The van der Waals surface area contributed by atoms with Crippen molar-refractivity contribution in [3.05, 3.63) is 12.2 Å². The number of hydrogen-bond donors (Lipinski definition) is 1. The molecule has 0 aliphatic heterocycles. The summed E-state index contributed by atoms with van der Waals surface area (Å²) in [6.45, 7) is 3.25. The van der Waals surface area contributed by atoms with Crippen molar-refractivity contribution in [1.29, 1.82) is 0 Å². The van der Waals surface area contributed by atoms with E-state index in [9.17, 15) is 22.4 Å². The number of halogens is 4. The SMILES string of the molecule is C=C(C(=O)O)C(F)(F)C(F)(F)CC. The summed E-state index contributed by atoms with van der Waals surface area (Å²) in [6.07, 6.45) is -1.15. The number of alkyl halides is 4. The molecule has 0 fully saturated rings. The molecule has 0 aliphatic carbocycles. The molecule has 2 nitrogen and oxygen atoms in total. The van der Waals surface area contributed by atoms with Crippen LogP contribution in [-0.4, -0.2) is 22.9 Å². The number of hydrogen-bond acceptors (Lipinski definition) is 1. The summed E-state index contributed by atoms with van der Waals surface area (Å²) in [5.41, 5.74) is -1.79. The van der Waals surface area contributed by atoms with Crippen LogP contribution in [0.1, 0.15) is 13.3 Å². The molecule has 0 aliphatic rings. The van der Waals surface area contributed by atoms with Crippen molar-refractivity contribution >= 4 is 5.97 Å². The van der Waals surface area contributed by atoms with E-state index in [4.69, 9.17) is 5.11 Å². The zero-order valence-electron chi connectivity index (χ0n) is 6.78. The first kappa shape index (κ1) is 11.9. The van der Waals surface area contributed by atoms with Crippen LogP contribution in [0.2, 0.25) is 0 Å². The second kappa shape index (κ2) is 3.35. The summed E-state index contributed by atoms with van der Waals surface area (Å²) < 4.78 is 50.2. The van der Waals surface area contributed by atoms with Crippen molar-refractivity contribution in [1.82, 2.24) is 0 Å². The zero-order chi connectivity index (χ0) is 10.9. The molecule has 0 aromatic carbocycles. The van der Waals surface area contributed by atoms with Gasteiger partial charge in [0.15, 0.2) is 0 Å². The largest absolute Gasteiger partial charge is 0.478 e. The summed E-state index contributed by atoms with van der Waals surface area (Å²) >= 11 is 0. The van der Waals surface area contributed by atoms with Gasteiger partial charge in [-0.15, -0.1) is 0 Å². The predicted octanol–water partition coefficient (Wildman–Crippen LogP) is 2.31. The first-order chi connectivity index (χ1) is 5.66. The van der Waals surface area contributed by atoms with Crippen LogP contribution in [0.3, 0.4) is 0 Å².